The Morgan fingerprint density at radius 2 is 2.06 bits per heavy atom. The number of hydrogen-bond donors (Lipinski definition) is 2. The van der Waals surface area contributed by atoms with Gasteiger partial charge in [-0.1, -0.05) is 18.2 Å². The highest BCUT2D eigenvalue weighted by atomic mass is 19.1. The van der Waals surface area contributed by atoms with Crippen LogP contribution in [0.5, 0.6) is 0 Å². The van der Waals surface area contributed by atoms with Crippen molar-refractivity contribution < 1.29 is 9.50 Å². The number of aryl methyl sites for hydroxylation is 1. The number of hydrogen-bond acceptors (Lipinski definition) is 7. The van der Waals surface area contributed by atoms with Gasteiger partial charge in [0.2, 0.25) is 11.9 Å². The topological polar surface area (TPSA) is 96.9 Å². The number of rotatable bonds is 8. The summed E-state index contributed by atoms with van der Waals surface area (Å²) in [4.78, 5) is 14.3. The third-order valence-corrected chi connectivity index (χ3v) is 4.79. The molecule has 0 aliphatic rings. The number of nitrogens with zero attached hydrogens (tertiary/aromatic N) is 7. The summed E-state index contributed by atoms with van der Waals surface area (Å²) >= 11 is 0. The van der Waals surface area contributed by atoms with Crippen LogP contribution in [0.15, 0.2) is 55.2 Å². The van der Waals surface area contributed by atoms with E-state index in [1.165, 1.54) is 0 Å². The fraction of sp³-hybridized carbons (Fsp3) is 0.238. The van der Waals surface area contributed by atoms with Crippen LogP contribution in [-0.2, 0) is 20.1 Å². The SMILES string of the molecule is CN(c1ncc(F)c(NCc2cccc(-c3cnn(C)c3)c2)n1)c1nccn1CCO. The van der Waals surface area contributed by atoms with Gasteiger partial charge in [0.1, 0.15) is 0 Å². The summed E-state index contributed by atoms with van der Waals surface area (Å²) in [5.41, 5.74) is 3.03. The summed E-state index contributed by atoms with van der Waals surface area (Å²) < 4.78 is 17.9. The quantitative estimate of drug-likeness (QED) is 0.450. The molecule has 0 saturated carbocycles. The fourth-order valence-corrected chi connectivity index (χ4v) is 3.23. The van der Waals surface area contributed by atoms with Crippen LogP contribution in [0, 0.1) is 5.82 Å². The van der Waals surface area contributed by atoms with Crippen molar-refractivity contribution in [2.24, 2.45) is 7.05 Å². The molecule has 1 aromatic carbocycles. The van der Waals surface area contributed by atoms with E-state index in [4.69, 9.17) is 0 Å². The molecule has 2 N–H and O–H groups in total. The van der Waals surface area contributed by atoms with Crippen molar-refractivity contribution in [1.29, 1.82) is 0 Å². The molecule has 160 valence electrons. The molecule has 0 aliphatic carbocycles. The normalized spacial score (nSPS) is 11.0. The zero-order valence-electron chi connectivity index (χ0n) is 17.3. The van der Waals surface area contributed by atoms with Gasteiger partial charge in [-0.05, 0) is 17.2 Å². The minimum atomic E-state index is -0.542. The van der Waals surface area contributed by atoms with E-state index in [2.05, 4.69) is 25.4 Å². The first-order valence-electron chi connectivity index (χ1n) is 9.75. The lowest BCUT2D eigenvalue weighted by Gasteiger charge is -2.18. The first-order valence-corrected chi connectivity index (χ1v) is 9.75. The van der Waals surface area contributed by atoms with Crippen LogP contribution in [0.2, 0.25) is 0 Å². The number of imidazole rings is 1. The lowest BCUT2D eigenvalue weighted by Crippen LogP contribution is -2.19. The molecule has 10 heteroatoms. The van der Waals surface area contributed by atoms with Gasteiger partial charge >= 0.3 is 0 Å². The average Bonchev–Trinajstić information content (AvgIpc) is 3.42. The Kier molecular flexibility index (Phi) is 5.89. The number of anilines is 3. The number of nitrogens with one attached hydrogen (secondary N) is 1. The second kappa shape index (κ2) is 8.92. The molecule has 0 atom stereocenters. The van der Waals surface area contributed by atoms with E-state index >= 15 is 0 Å². The summed E-state index contributed by atoms with van der Waals surface area (Å²) in [6, 6.07) is 7.95. The molecule has 0 fully saturated rings. The third-order valence-electron chi connectivity index (χ3n) is 4.79. The summed E-state index contributed by atoms with van der Waals surface area (Å²) in [7, 11) is 3.61. The van der Waals surface area contributed by atoms with Gasteiger partial charge in [0.25, 0.3) is 0 Å². The van der Waals surface area contributed by atoms with Gasteiger partial charge in [-0.15, -0.1) is 0 Å². The van der Waals surface area contributed by atoms with E-state index in [1.54, 1.807) is 39.8 Å². The number of aromatic nitrogens is 6. The molecule has 0 aliphatic heterocycles. The molecule has 0 spiro atoms. The maximum absolute atomic E-state index is 14.4. The summed E-state index contributed by atoms with van der Waals surface area (Å²) in [6.07, 6.45) is 8.25. The van der Waals surface area contributed by atoms with Crippen LogP contribution in [0.1, 0.15) is 5.56 Å². The maximum Gasteiger partial charge on any atom is 0.234 e. The van der Waals surface area contributed by atoms with E-state index in [0.29, 0.717) is 25.0 Å². The van der Waals surface area contributed by atoms with E-state index in [-0.39, 0.29) is 12.4 Å². The van der Waals surface area contributed by atoms with Gasteiger partial charge in [0.05, 0.1) is 19.0 Å². The van der Waals surface area contributed by atoms with Gasteiger partial charge in [-0.25, -0.2) is 14.4 Å². The highest BCUT2D eigenvalue weighted by Gasteiger charge is 2.15. The first kappa shape index (κ1) is 20.5. The molecule has 31 heavy (non-hydrogen) atoms. The van der Waals surface area contributed by atoms with E-state index in [0.717, 1.165) is 22.9 Å². The van der Waals surface area contributed by atoms with Crippen molar-refractivity contribution >= 4 is 17.7 Å². The van der Waals surface area contributed by atoms with Crippen molar-refractivity contribution in [3.8, 4) is 11.1 Å². The molecule has 0 saturated heterocycles. The first-order chi connectivity index (χ1) is 15.0. The van der Waals surface area contributed by atoms with Gasteiger partial charge in [-0.2, -0.15) is 10.1 Å². The van der Waals surface area contributed by atoms with Crippen molar-refractivity contribution in [3.05, 3.63) is 66.6 Å². The molecule has 4 aromatic rings. The van der Waals surface area contributed by atoms with E-state index in [9.17, 15) is 9.50 Å². The average molecular weight is 422 g/mol. The standard InChI is InChI=1S/C21H23FN8O/c1-28-14-17(12-26-28)16-5-3-4-15(10-16)11-24-19-18(22)13-25-20(27-19)29(2)21-23-6-7-30(21)8-9-31/h3-7,10,12-14,31H,8-9,11H2,1-2H3,(H,24,25,27). The van der Waals surface area contributed by atoms with Crippen LogP contribution in [0.3, 0.4) is 0 Å². The molecule has 0 amide bonds. The molecule has 4 rings (SSSR count). The zero-order valence-corrected chi connectivity index (χ0v) is 17.3. The Morgan fingerprint density at radius 1 is 1.19 bits per heavy atom. The number of aliphatic hydroxyl groups is 1. The fourth-order valence-electron chi connectivity index (χ4n) is 3.23. The summed E-state index contributed by atoms with van der Waals surface area (Å²) in [6.45, 7) is 0.760. The molecule has 3 heterocycles. The van der Waals surface area contributed by atoms with Crippen LogP contribution >= 0.6 is 0 Å². The minimum absolute atomic E-state index is 0.0214. The lowest BCUT2D eigenvalue weighted by atomic mass is 10.1. The number of aliphatic hydroxyl groups excluding tert-OH is 1. The van der Waals surface area contributed by atoms with Crippen molar-refractivity contribution in [1.82, 2.24) is 29.3 Å². The van der Waals surface area contributed by atoms with E-state index < -0.39 is 5.82 Å². The Hall–Kier alpha value is -3.79. The third kappa shape index (κ3) is 4.53. The highest BCUT2D eigenvalue weighted by molar-refractivity contribution is 5.62. The van der Waals surface area contributed by atoms with Gasteiger partial charge < -0.3 is 15.0 Å². The molecule has 3 aromatic heterocycles. The van der Waals surface area contributed by atoms with E-state index in [1.807, 2.05) is 37.5 Å². The zero-order chi connectivity index (χ0) is 21.8. The molecule has 9 nitrogen and oxygen atoms in total. The van der Waals surface area contributed by atoms with Crippen LogP contribution < -0.4 is 10.2 Å². The van der Waals surface area contributed by atoms with Crippen LogP contribution in [-0.4, -0.2) is 48.1 Å². The Balaban J connectivity index is 1.51. The smallest absolute Gasteiger partial charge is 0.234 e. The largest absolute Gasteiger partial charge is 0.395 e. The Bertz CT molecular complexity index is 1170. The highest BCUT2D eigenvalue weighted by Crippen LogP contribution is 2.23. The van der Waals surface area contributed by atoms with Gasteiger partial charge in [0, 0.05) is 51.3 Å². The van der Waals surface area contributed by atoms with Gasteiger partial charge in [-0.3, -0.25) is 9.58 Å². The minimum Gasteiger partial charge on any atom is -0.395 e. The molecule has 0 radical (unpaired) electrons. The second-order valence-electron chi connectivity index (χ2n) is 7.03. The Labute approximate surface area is 178 Å². The van der Waals surface area contributed by atoms with Crippen molar-refractivity contribution in [3.63, 3.8) is 0 Å². The summed E-state index contributed by atoms with van der Waals surface area (Å²) in [5.74, 6) is 0.400. The molecular formula is C21H23FN8O. The number of halogens is 1. The lowest BCUT2D eigenvalue weighted by molar-refractivity contribution is 0.276. The van der Waals surface area contributed by atoms with Crippen LogP contribution in [0.4, 0.5) is 22.1 Å². The molecule has 0 unspecified atom stereocenters. The summed E-state index contributed by atoms with van der Waals surface area (Å²) in [5, 5.41) is 16.5. The van der Waals surface area contributed by atoms with Crippen LogP contribution in [0.25, 0.3) is 11.1 Å². The Morgan fingerprint density at radius 3 is 2.84 bits per heavy atom. The predicted octanol–water partition coefficient (Wildman–Crippen LogP) is 2.59. The van der Waals surface area contributed by atoms with Crippen molar-refractivity contribution in [2.45, 2.75) is 13.1 Å². The molecular weight excluding hydrogens is 399 g/mol. The number of benzene rings is 1. The second-order valence-corrected chi connectivity index (χ2v) is 7.03. The monoisotopic (exact) mass is 422 g/mol. The maximum atomic E-state index is 14.4. The predicted molar refractivity (Wildman–Crippen MR) is 115 cm³/mol. The van der Waals surface area contributed by atoms with Gasteiger partial charge in [0.15, 0.2) is 11.6 Å². The molecule has 0 bridgehead atoms. The van der Waals surface area contributed by atoms with Crippen molar-refractivity contribution in [2.75, 3.05) is 23.9 Å².